The second kappa shape index (κ2) is 7.51. The molecule has 24 heavy (non-hydrogen) atoms. The van der Waals surface area contributed by atoms with Crippen LogP contribution in [0.1, 0.15) is 26.3 Å². The molecule has 0 bridgehead atoms. The lowest BCUT2D eigenvalue weighted by Gasteiger charge is -2.27. The molecule has 0 saturated carbocycles. The molecule has 0 aromatic heterocycles. The maximum absolute atomic E-state index is 12.6. The van der Waals surface area contributed by atoms with Crippen LogP contribution in [-0.4, -0.2) is 28.9 Å². The highest BCUT2D eigenvalue weighted by atomic mass is 16.6. The van der Waals surface area contributed by atoms with Gasteiger partial charge in [0, 0.05) is 5.69 Å². The summed E-state index contributed by atoms with van der Waals surface area (Å²) < 4.78 is 5.50. The van der Waals surface area contributed by atoms with Gasteiger partial charge in [-0.05, 0) is 43.9 Å². The number of para-hydroxylation sites is 1. The first-order chi connectivity index (χ1) is 11.3. The predicted molar refractivity (Wildman–Crippen MR) is 95.1 cm³/mol. The van der Waals surface area contributed by atoms with Crippen LogP contribution in [0.2, 0.25) is 0 Å². The van der Waals surface area contributed by atoms with Gasteiger partial charge in [-0.25, -0.2) is 4.79 Å². The Morgan fingerprint density at radius 2 is 1.62 bits per heavy atom. The quantitative estimate of drug-likeness (QED) is 0.846. The summed E-state index contributed by atoms with van der Waals surface area (Å²) >= 11 is 0. The number of benzene rings is 2. The van der Waals surface area contributed by atoms with E-state index in [9.17, 15) is 4.79 Å². The third-order valence-corrected chi connectivity index (χ3v) is 3.30. The number of carbonyl (C=O) groups excluding carboxylic acids is 1. The Morgan fingerprint density at radius 3 is 2.12 bits per heavy atom. The summed E-state index contributed by atoms with van der Waals surface area (Å²) in [5.74, 6) is 0. The Balaban J connectivity index is 2.24. The van der Waals surface area contributed by atoms with Crippen LogP contribution in [0.25, 0.3) is 0 Å². The van der Waals surface area contributed by atoms with Crippen LogP contribution in [0.3, 0.4) is 0 Å². The van der Waals surface area contributed by atoms with Crippen molar-refractivity contribution in [1.82, 2.24) is 0 Å². The third-order valence-electron chi connectivity index (χ3n) is 3.30. The van der Waals surface area contributed by atoms with Crippen LogP contribution in [0.5, 0.6) is 0 Å². The minimum Gasteiger partial charge on any atom is -0.443 e. The third kappa shape index (κ3) is 5.11. The van der Waals surface area contributed by atoms with E-state index in [-0.39, 0.29) is 0 Å². The number of amides is 1. The van der Waals surface area contributed by atoms with E-state index in [4.69, 9.17) is 14.8 Å². The van der Waals surface area contributed by atoms with E-state index in [0.717, 1.165) is 11.3 Å². The van der Waals surface area contributed by atoms with Gasteiger partial charge in [0.2, 0.25) is 0 Å². The normalized spacial score (nSPS) is 11.0. The number of nitrogens with zero attached hydrogens (tertiary/aromatic N) is 1. The molecule has 5 nitrogen and oxygen atoms in total. The highest BCUT2D eigenvalue weighted by molar-refractivity contribution is 6.58. The van der Waals surface area contributed by atoms with Crippen molar-refractivity contribution in [1.29, 1.82) is 0 Å². The van der Waals surface area contributed by atoms with Gasteiger partial charge in [-0.3, -0.25) is 4.90 Å². The molecule has 0 fully saturated rings. The molecule has 1 amide bonds. The van der Waals surface area contributed by atoms with Gasteiger partial charge in [0.25, 0.3) is 0 Å². The molecule has 2 aromatic carbocycles. The van der Waals surface area contributed by atoms with E-state index >= 15 is 0 Å². The standard InChI is InChI=1S/C18H22BNO4/c1-18(2,3)24-17(21)20(16-7-5-4-6-8-16)13-14-9-11-15(12-10-14)19(22)23/h4-12,22-23H,13H2,1-3H3. The summed E-state index contributed by atoms with van der Waals surface area (Å²) in [5.41, 5.74) is 1.41. The van der Waals surface area contributed by atoms with E-state index in [0.29, 0.717) is 12.0 Å². The lowest BCUT2D eigenvalue weighted by Crippen LogP contribution is -2.36. The number of rotatable bonds is 4. The lowest BCUT2D eigenvalue weighted by molar-refractivity contribution is 0.0577. The highest BCUT2D eigenvalue weighted by Gasteiger charge is 2.23. The molecular weight excluding hydrogens is 305 g/mol. The summed E-state index contributed by atoms with van der Waals surface area (Å²) in [4.78, 5) is 14.1. The lowest BCUT2D eigenvalue weighted by atomic mass is 9.80. The molecule has 6 heteroatoms. The van der Waals surface area contributed by atoms with Crippen LogP contribution in [0.15, 0.2) is 54.6 Å². The summed E-state index contributed by atoms with van der Waals surface area (Å²) in [6.45, 7) is 5.79. The van der Waals surface area contributed by atoms with Crippen molar-refractivity contribution in [3.05, 3.63) is 60.2 Å². The summed E-state index contributed by atoms with van der Waals surface area (Å²) in [6.07, 6.45) is -0.431. The fourth-order valence-corrected chi connectivity index (χ4v) is 2.16. The van der Waals surface area contributed by atoms with E-state index in [1.165, 1.54) is 0 Å². The predicted octanol–water partition coefficient (Wildman–Crippen LogP) is 2.31. The number of anilines is 1. The van der Waals surface area contributed by atoms with Crippen molar-refractivity contribution < 1.29 is 19.6 Å². The molecule has 0 heterocycles. The molecule has 0 saturated heterocycles. The minimum atomic E-state index is -1.50. The molecule has 0 radical (unpaired) electrons. The number of ether oxygens (including phenoxy) is 1. The van der Waals surface area contributed by atoms with Crippen LogP contribution in [0.4, 0.5) is 10.5 Å². The van der Waals surface area contributed by atoms with Crippen LogP contribution >= 0.6 is 0 Å². The van der Waals surface area contributed by atoms with E-state index in [1.807, 2.05) is 51.1 Å². The molecular formula is C18H22BNO4. The molecule has 0 aliphatic carbocycles. The Hall–Kier alpha value is -2.31. The van der Waals surface area contributed by atoms with E-state index in [1.54, 1.807) is 29.2 Å². The smallest absolute Gasteiger partial charge is 0.443 e. The summed E-state index contributed by atoms with van der Waals surface area (Å²) in [6, 6.07) is 16.1. The maximum Gasteiger partial charge on any atom is 0.488 e. The minimum absolute atomic E-state index is 0.320. The fourth-order valence-electron chi connectivity index (χ4n) is 2.16. The van der Waals surface area contributed by atoms with Gasteiger partial charge in [0.1, 0.15) is 5.60 Å². The van der Waals surface area contributed by atoms with E-state index in [2.05, 4.69) is 0 Å². The zero-order valence-corrected chi connectivity index (χ0v) is 14.1. The summed E-state index contributed by atoms with van der Waals surface area (Å²) in [5, 5.41) is 18.3. The van der Waals surface area contributed by atoms with E-state index < -0.39 is 18.8 Å². The zero-order valence-electron chi connectivity index (χ0n) is 14.1. The molecule has 0 atom stereocenters. The zero-order chi connectivity index (χ0) is 17.7. The van der Waals surface area contributed by atoms with Gasteiger partial charge in [-0.2, -0.15) is 0 Å². The van der Waals surface area contributed by atoms with Gasteiger partial charge >= 0.3 is 13.2 Å². The van der Waals surface area contributed by atoms with Crippen LogP contribution in [-0.2, 0) is 11.3 Å². The fraction of sp³-hybridized carbons (Fsp3) is 0.278. The topological polar surface area (TPSA) is 70.0 Å². The first-order valence-corrected chi connectivity index (χ1v) is 7.77. The van der Waals surface area contributed by atoms with Crippen molar-refractivity contribution in [2.24, 2.45) is 0 Å². The van der Waals surface area contributed by atoms with Gasteiger partial charge in [-0.1, -0.05) is 42.5 Å². The first kappa shape index (κ1) is 18.0. The van der Waals surface area contributed by atoms with Crippen LogP contribution < -0.4 is 10.4 Å². The van der Waals surface area contributed by atoms with Gasteiger partial charge < -0.3 is 14.8 Å². The Bertz CT molecular complexity index is 666. The molecule has 0 aliphatic rings. The largest absolute Gasteiger partial charge is 0.488 e. The first-order valence-electron chi connectivity index (χ1n) is 7.77. The average molecular weight is 327 g/mol. The van der Waals surface area contributed by atoms with Crippen molar-refractivity contribution in [3.8, 4) is 0 Å². The van der Waals surface area contributed by atoms with Gasteiger partial charge in [-0.15, -0.1) is 0 Å². The molecule has 2 aromatic rings. The Morgan fingerprint density at radius 1 is 1.04 bits per heavy atom. The second-order valence-electron chi connectivity index (χ2n) is 6.52. The molecule has 0 unspecified atom stereocenters. The van der Waals surface area contributed by atoms with Crippen molar-refractivity contribution in [2.75, 3.05) is 4.90 Å². The molecule has 0 aliphatic heterocycles. The maximum atomic E-state index is 12.6. The average Bonchev–Trinajstić information content (AvgIpc) is 2.52. The molecule has 2 rings (SSSR count). The number of hydrogen-bond donors (Lipinski definition) is 2. The Kier molecular flexibility index (Phi) is 5.64. The van der Waals surface area contributed by atoms with Crippen molar-refractivity contribution in [3.63, 3.8) is 0 Å². The highest BCUT2D eigenvalue weighted by Crippen LogP contribution is 2.20. The Labute approximate surface area is 142 Å². The molecule has 2 N–H and O–H groups in total. The van der Waals surface area contributed by atoms with Crippen molar-refractivity contribution >= 4 is 24.4 Å². The van der Waals surface area contributed by atoms with Crippen molar-refractivity contribution in [2.45, 2.75) is 32.9 Å². The monoisotopic (exact) mass is 327 g/mol. The second-order valence-corrected chi connectivity index (χ2v) is 6.52. The van der Waals surface area contributed by atoms with Gasteiger partial charge in [0.15, 0.2) is 0 Å². The summed E-state index contributed by atoms with van der Waals surface area (Å²) in [7, 11) is -1.50. The number of carbonyl (C=O) groups is 1. The SMILES string of the molecule is CC(C)(C)OC(=O)N(Cc1ccc(B(O)O)cc1)c1ccccc1. The molecule has 126 valence electrons. The van der Waals surface area contributed by atoms with Crippen LogP contribution in [0, 0.1) is 0 Å². The van der Waals surface area contributed by atoms with Gasteiger partial charge in [0.05, 0.1) is 6.54 Å². The number of hydrogen-bond acceptors (Lipinski definition) is 4. The molecule has 0 spiro atoms.